The van der Waals surface area contributed by atoms with Crippen LogP contribution in [0.5, 0.6) is 0 Å². The maximum atomic E-state index is 10.8. The van der Waals surface area contributed by atoms with Gasteiger partial charge in [0, 0.05) is 18.2 Å². The number of carbonyl (C=O) groups is 1. The van der Waals surface area contributed by atoms with Gasteiger partial charge in [0.25, 0.3) is 0 Å². The fourth-order valence-electron chi connectivity index (χ4n) is 2.33. The normalized spacial score (nSPS) is 10.5. The number of aldehydes is 1. The Bertz CT molecular complexity index is 824. The van der Waals surface area contributed by atoms with Gasteiger partial charge in [-0.15, -0.1) is 0 Å². The van der Waals surface area contributed by atoms with E-state index in [0.717, 1.165) is 17.2 Å². The minimum Gasteiger partial charge on any atom is -0.303 e. The van der Waals surface area contributed by atoms with Crippen molar-refractivity contribution in [3.8, 4) is 0 Å². The Hall–Kier alpha value is -2.81. The molecule has 0 saturated carbocycles. The van der Waals surface area contributed by atoms with Crippen LogP contribution in [0.25, 0.3) is 10.8 Å². The molecule has 1 heterocycles. The SMILES string of the molecule is N=C(Cc1ccc2ccccc2c1)c1cc(C=O)ccn1. The van der Waals surface area contributed by atoms with E-state index in [4.69, 9.17) is 5.41 Å². The molecule has 1 N–H and O–H groups in total. The van der Waals surface area contributed by atoms with Crippen LogP contribution >= 0.6 is 0 Å². The van der Waals surface area contributed by atoms with E-state index >= 15 is 0 Å². The van der Waals surface area contributed by atoms with Crippen LogP contribution < -0.4 is 0 Å². The number of nitrogens with one attached hydrogen (secondary N) is 1. The number of pyridine rings is 1. The van der Waals surface area contributed by atoms with Gasteiger partial charge in [0.05, 0.1) is 11.4 Å². The van der Waals surface area contributed by atoms with E-state index in [2.05, 4.69) is 29.2 Å². The Morgan fingerprint density at radius 3 is 2.67 bits per heavy atom. The summed E-state index contributed by atoms with van der Waals surface area (Å²) in [5.74, 6) is 0. The highest BCUT2D eigenvalue weighted by molar-refractivity contribution is 5.99. The number of carbonyl (C=O) groups excluding carboxylic acids is 1. The molecule has 0 saturated heterocycles. The average Bonchev–Trinajstić information content (AvgIpc) is 2.54. The van der Waals surface area contributed by atoms with Gasteiger partial charge in [-0.1, -0.05) is 42.5 Å². The Labute approximate surface area is 122 Å². The van der Waals surface area contributed by atoms with Crippen molar-refractivity contribution in [1.82, 2.24) is 4.98 Å². The molecule has 0 unspecified atom stereocenters. The second-order valence-corrected chi connectivity index (χ2v) is 4.93. The lowest BCUT2D eigenvalue weighted by atomic mass is 10.0. The van der Waals surface area contributed by atoms with Crippen molar-refractivity contribution in [3.63, 3.8) is 0 Å². The third kappa shape index (κ3) is 2.87. The number of nitrogens with zero attached hydrogens (tertiary/aromatic N) is 1. The van der Waals surface area contributed by atoms with Gasteiger partial charge in [-0.3, -0.25) is 9.78 Å². The molecule has 1 aromatic heterocycles. The van der Waals surface area contributed by atoms with Crippen LogP contribution in [-0.4, -0.2) is 17.0 Å². The quantitative estimate of drug-likeness (QED) is 0.583. The lowest BCUT2D eigenvalue weighted by Crippen LogP contribution is -2.06. The first kappa shape index (κ1) is 13.2. The molecular formula is C18H14N2O. The average molecular weight is 274 g/mol. The molecule has 3 rings (SSSR count). The molecular weight excluding hydrogens is 260 g/mol. The second kappa shape index (κ2) is 5.67. The van der Waals surface area contributed by atoms with Crippen molar-refractivity contribution < 1.29 is 4.79 Å². The van der Waals surface area contributed by atoms with Crippen molar-refractivity contribution in [2.45, 2.75) is 6.42 Å². The van der Waals surface area contributed by atoms with E-state index in [1.54, 1.807) is 18.3 Å². The zero-order valence-corrected chi connectivity index (χ0v) is 11.4. The number of rotatable bonds is 4. The van der Waals surface area contributed by atoms with E-state index < -0.39 is 0 Å². The van der Waals surface area contributed by atoms with Gasteiger partial charge in [-0.2, -0.15) is 0 Å². The summed E-state index contributed by atoms with van der Waals surface area (Å²) in [5, 5.41) is 10.5. The van der Waals surface area contributed by atoms with E-state index in [0.29, 0.717) is 23.4 Å². The second-order valence-electron chi connectivity index (χ2n) is 4.93. The maximum absolute atomic E-state index is 10.8. The third-order valence-corrected chi connectivity index (χ3v) is 3.42. The van der Waals surface area contributed by atoms with Crippen LogP contribution in [0.15, 0.2) is 60.8 Å². The standard InChI is InChI=1S/C18H14N2O/c19-17(18-11-14(12-21)7-8-20-18)10-13-5-6-15-3-1-2-4-16(15)9-13/h1-9,11-12,19H,10H2. The first-order valence-electron chi connectivity index (χ1n) is 6.73. The predicted octanol–water partition coefficient (Wildman–Crippen LogP) is 3.66. The van der Waals surface area contributed by atoms with Gasteiger partial charge in [0.2, 0.25) is 0 Å². The van der Waals surface area contributed by atoms with Gasteiger partial charge < -0.3 is 5.41 Å². The van der Waals surface area contributed by atoms with Gasteiger partial charge in [-0.25, -0.2) is 0 Å². The molecule has 0 atom stereocenters. The Balaban J connectivity index is 1.86. The fraction of sp³-hybridized carbons (Fsp3) is 0.0556. The monoisotopic (exact) mass is 274 g/mol. The van der Waals surface area contributed by atoms with Crippen LogP contribution in [0.1, 0.15) is 21.6 Å². The van der Waals surface area contributed by atoms with Crippen LogP contribution in [0, 0.1) is 5.41 Å². The molecule has 0 fully saturated rings. The topological polar surface area (TPSA) is 53.8 Å². The van der Waals surface area contributed by atoms with Gasteiger partial charge in [0.15, 0.2) is 0 Å². The van der Waals surface area contributed by atoms with Crippen LogP contribution in [0.2, 0.25) is 0 Å². The van der Waals surface area contributed by atoms with Crippen LogP contribution in [0.4, 0.5) is 0 Å². The summed E-state index contributed by atoms with van der Waals surface area (Å²) in [7, 11) is 0. The van der Waals surface area contributed by atoms with Crippen LogP contribution in [0.3, 0.4) is 0 Å². The summed E-state index contributed by atoms with van der Waals surface area (Å²) in [6.07, 6.45) is 2.84. The molecule has 3 nitrogen and oxygen atoms in total. The maximum Gasteiger partial charge on any atom is 0.150 e. The Morgan fingerprint density at radius 1 is 1.05 bits per heavy atom. The van der Waals surface area contributed by atoms with Gasteiger partial charge >= 0.3 is 0 Å². The Morgan fingerprint density at radius 2 is 1.86 bits per heavy atom. The molecule has 0 bridgehead atoms. The smallest absolute Gasteiger partial charge is 0.150 e. The molecule has 0 spiro atoms. The summed E-state index contributed by atoms with van der Waals surface area (Å²) < 4.78 is 0. The van der Waals surface area contributed by atoms with Crippen molar-refractivity contribution in [3.05, 3.63) is 77.6 Å². The van der Waals surface area contributed by atoms with E-state index in [9.17, 15) is 4.79 Å². The third-order valence-electron chi connectivity index (χ3n) is 3.42. The number of benzene rings is 2. The highest BCUT2D eigenvalue weighted by Gasteiger charge is 2.06. The van der Waals surface area contributed by atoms with Gasteiger partial charge in [-0.05, 0) is 28.5 Å². The molecule has 0 aliphatic rings. The molecule has 0 amide bonds. The van der Waals surface area contributed by atoms with Crippen molar-refractivity contribution in [1.29, 1.82) is 5.41 Å². The summed E-state index contributed by atoms with van der Waals surface area (Å²) >= 11 is 0. The molecule has 0 radical (unpaired) electrons. The lowest BCUT2D eigenvalue weighted by Gasteiger charge is -2.06. The highest BCUT2D eigenvalue weighted by Crippen LogP contribution is 2.17. The molecule has 3 aromatic rings. The molecule has 0 aliphatic heterocycles. The highest BCUT2D eigenvalue weighted by atomic mass is 16.1. The number of aromatic nitrogens is 1. The minimum absolute atomic E-state index is 0.411. The van der Waals surface area contributed by atoms with Crippen molar-refractivity contribution >= 4 is 22.8 Å². The van der Waals surface area contributed by atoms with Crippen molar-refractivity contribution in [2.75, 3.05) is 0 Å². The first-order chi connectivity index (χ1) is 10.3. The summed E-state index contributed by atoms with van der Waals surface area (Å²) in [6, 6.07) is 17.6. The molecule has 2 aromatic carbocycles. The molecule has 102 valence electrons. The van der Waals surface area contributed by atoms with E-state index in [-0.39, 0.29) is 0 Å². The van der Waals surface area contributed by atoms with E-state index in [1.165, 1.54) is 5.39 Å². The van der Waals surface area contributed by atoms with Crippen LogP contribution in [-0.2, 0) is 6.42 Å². The lowest BCUT2D eigenvalue weighted by molar-refractivity contribution is 0.112. The molecule has 3 heteroatoms. The minimum atomic E-state index is 0.411. The van der Waals surface area contributed by atoms with E-state index in [1.807, 2.05) is 18.2 Å². The number of fused-ring (bicyclic) bond motifs is 1. The fourth-order valence-corrected chi connectivity index (χ4v) is 2.33. The molecule has 0 aliphatic carbocycles. The zero-order chi connectivity index (χ0) is 14.7. The van der Waals surface area contributed by atoms with Gasteiger partial charge in [0.1, 0.15) is 6.29 Å². The molecule has 21 heavy (non-hydrogen) atoms. The largest absolute Gasteiger partial charge is 0.303 e. The van der Waals surface area contributed by atoms with Crippen molar-refractivity contribution in [2.24, 2.45) is 0 Å². The first-order valence-corrected chi connectivity index (χ1v) is 6.73. The predicted molar refractivity (Wildman–Crippen MR) is 84.1 cm³/mol. The number of hydrogen-bond acceptors (Lipinski definition) is 3. The number of hydrogen-bond donors (Lipinski definition) is 1. The summed E-state index contributed by atoms with van der Waals surface area (Å²) in [6.45, 7) is 0. The summed E-state index contributed by atoms with van der Waals surface area (Å²) in [4.78, 5) is 15.0. The summed E-state index contributed by atoms with van der Waals surface area (Å²) in [5.41, 5.74) is 2.57. The zero-order valence-electron chi connectivity index (χ0n) is 11.4. The Kier molecular flexibility index (Phi) is 3.56.